The van der Waals surface area contributed by atoms with Gasteiger partial charge >= 0.3 is 5.97 Å². The number of hydrogen-bond donors (Lipinski definition) is 1. The van der Waals surface area contributed by atoms with Crippen molar-refractivity contribution in [3.05, 3.63) is 64.2 Å². The van der Waals surface area contributed by atoms with Crippen molar-refractivity contribution in [2.45, 2.75) is 18.9 Å². The molecule has 0 bridgehead atoms. The van der Waals surface area contributed by atoms with Crippen LogP contribution in [0.2, 0.25) is 5.02 Å². The molecule has 20 heavy (non-hydrogen) atoms. The second-order valence-corrected chi connectivity index (χ2v) is 5.26. The number of carbonyl (C=O) groups is 1. The Bertz CT molecular complexity index is 667. The number of aryl methyl sites for hydroxylation is 1. The quantitative estimate of drug-likeness (QED) is 0.905. The van der Waals surface area contributed by atoms with Crippen LogP contribution in [0.1, 0.15) is 34.0 Å². The number of hydrogen-bond acceptors (Lipinski definition) is 2. The van der Waals surface area contributed by atoms with Gasteiger partial charge in [-0.3, -0.25) is 0 Å². The lowest BCUT2D eigenvalue weighted by Crippen LogP contribution is -2.15. The molecule has 1 atom stereocenters. The fourth-order valence-corrected chi connectivity index (χ4v) is 2.66. The molecular formula is C16H13ClO3. The molecule has 0 saturated carbocycles. The van der Waals surface area contributed by atoms with E-state index in [1.807, 2.05) is 18.2 Å². The Kier molecular flexibility index (Phi) is 3.36. The zero-order valence-electron chi connectivity index (χ0n) is 10.7. The van der Waals surface area contributed by atoms with Gasteiger partial charge in [-0.05, 0) is 54.3 Å². The monoisotopic (exact) mass is 288 g/mol. The molecule has 1 aliphatic rings. The van der Waals surface area contributed by atoms with Gasteiger partial charge in [0.1, 0.15) is 11.9 Å². The SMILES string of the molecule is O=C(O)c1cccc(C2CCc3cc(Cl)ccc3O2)c1. The highest BCUT2D eigenvalue weighted by Crippen LogP contribution is 2.36. The molecule has 0 fully saturated rings. The molecule has 102 valence electrons. The van der Waals surface area contributed by atoms with Crippen molar-refractivity contribution >= 4 is 17.6 Å². The van der Waals surface area contributed by atoms with Crippen molar-refractivity contribution in [3.8, 4) is 5.75 Å². The van der Waals surface area contributed by atoms with E-state index in [9.17, 15) is 4.79 Å². The molecule has 1 heterocycles. The van der Waals surface area contributed by atoms with Crippen molar-refractivity contribution < 1.29 is 14.6 Å². The maximum absolute atomic E-state index is 11.0. The number of aromatic carboxylic acids is 1. The Morgan fingerprint density at radius 1 is 1.25 bits per heavy atom. The smallest absolute Gasteiger partial charge is 0.335 e. The van der Waals surface area contributed by atoms with Gasteiger partial charge in [-0.1, -0.05) is 23.7 Å². The largest absolute Gasteiger partial charge is 0.485 e. The first-order valence-corrected chi connectivity index (χ1v) is 6.79. The lowest BCUT2D eigenvalue weighted by atomic mass is 9.96. The van der Waals surface area contributed by atoms with E-state index in [0.717, 1.165) is 29.7 Å². The van der Waals surface area contributed by atoms with Crippen LogP contribution in [0, 0.1) is 0 Å². The average Bonchev–Trinajstić information content (AvgIpc) is 2.47. The zero-order chi connectivity index (χ0) is 14.1. The third kappa shape index (κ3) is 2.49. The summed E-state index contributed by atoms with van der Waals surface area (Å²) in [5.74, 6) is -0.0961. The molecule has 0 spiro atoms. The molecule has 2 aromatic rings. The summed E-state index contributed by atoms with van der Waals surface area (Å²) in [5, 5.41) is 9.75. The summed E-state index contributed by atoms with van der Waals surface area (Å²) < 4.78 is 5.96. The van der Waals surface area contributed by atoms with Crippen molar-refractivity contribution in [1.29, 1.82) is 0 Å². The summed E-state index contributed by atoms with van der Waals surface area (Å²) in [4.78, 5) is 11.0. The minimum absolute atomic E-state index is 0.108. The zero-order valence-corrected chi connectivity index (χ0v) is 11.4. The Balaban J connectivity index is 1.88. The van der Waals surface area contributed by atoms with Gasteiger partial charge in [0, 0.05) is 5.02 Å². The molecule has 1 N–H and O–H groups in total. The van der Waals surface area contributed by atoms with Gasteiger partial charge in [-0.25, -0.2) is 4.79 Å². The van der Waals surface area contributed by atoms with Crippen LogP contribution >= 0.6 is 11.6 Å². The minimum Gasteiger partial charge on any atom is -0.485 e. The standard InChI is InChI=1S/C16H13ClO3/c17-13-5-7-15-11(9-13)4-6-14(20-15)10-2-1-3-12(8-10)16(18)19/h1-3,5,7-9,14H,4,6H2,(H,18,19). The number of carboxylic acid groups (broad SMARTS) is 1. The first-order chi connectivity index (χ1) is 9.63. The average molecular weight is 289 g/mol. The molecule has 1 aliphatic heterocycles. The highest BCUT2D eigenvalue weighted by Gasteiger charge is 2.22. The summed E-state index contributed by atoms with van der Waals surface area (Å²) in [5.41, 5.74) is 2.28. The summed E-state index contributed by atoms with van der Waals surface area (Å²) in [6.07, 6.45) is 1.58. The molecule has 2 aromatic carbocycles. The molecule has 4 heteroatoms. The Morgan fingerprint density at radius 3 is 2.90 bits per heavy atom. The summed E-state index contributed by atoms with van der Waals surface area (Å²) >= 11 is 5.96. The molecule has 3 nitrogen and oxygen atoms in total. The number of carboxylic acids is 1. The van der Waals surface area contributed by atoms with E-state index >= 15 is 0 Å². The maximum Gasteiger partial charge on any atom is 0.335 e. The van der Waals surface area contributed by atoms with Crippen LogP contribution in [-0.4, -0.2) is 11.1 Å². The van der Waals surface area contributed by atoms with E-state index in [4.69, 9.17) is 21.4 Å². The number of rotatable bonds is 2. The Morgan fingerprint density at radius 2 is 2.10 bits per heavy atom. The van der Waals surface area contributed by atoms with E-state index in [1.165, 1.54) is 0 Å². The van der Waals surface area contributed by atoms with E-state index in [1.54, 1.807) is 24.3 Å². The molecule has 3 rings (SSSR count). The number of ether oxygens (including phenoxy) is 1. The van der Waals surface area contributed by atoms with Crippen molar-refractivity contribution in [2.75, 3.05) is 0 Å². The molecule has 0 aliphatic carbocycles. The fourth-order valence-electron chi connectivity index (χ4n) is 2.46. The van der Waals surface area contributed by atoms with Crippen molar-refractivity contribution in [1.82, 2.24) is 0 Å². The Hall–Kier alpha value is -2.00. The summed E-state index contributed by atoms with van der Waals surface area (Å²) in [6, 6.07) is 12.5. The van der Waals surface area contributed by atoms with Crippen LogP contribution in [0.4, 0.5) is 0 Å². The fraction of sp³-hybridized carbons (Fsp3) is 0.188. The van der Waals surface area contributed by atoms with Gasteiger partial charge in [0.15, 0.2) is 0 Å². The normalized spacial score (nSPS) is 17.1. The lowest BCUT2D eigenvalue weighted by molar-refractivity contribution is 0.0696. The second-order valence-electron chi connectivity index (χ2n) is 4.83. The maximum atomic E-state index is 11.0. The van der Waals surface area contributed by atoms with Gasteiger partial charge in [0.2, 0.25) is 0 Å². The molecule has 1 unspecified atom stereocenters. The first kappa shape index (κ1) is 13.0. The molecule has 0 aromatic heterocycles. The predicted octanol–water partition coefficient (Wildman–Crippen LogP) is 4.10. The van der Waals surface area contributed by atoms with Gasteiger partial charge in [-0.15, -0.1) is 0 Å². The van der Waals surface area contributed by atoms with Crippen LogP contribution < -0.4 is 4.74 Å². The van der Waals surface area contributed by atoms with Gasteiger partial charge < -0.3 is 9.84 Å². The van der Waals surface area contributed by atoms with Crippen LogP contribution in [0.25, 0.3) is 0 Å². The van der Waals surface area contributed by atoms with E-state index in [-0.39, 0.29) is 11.7 Å². The van der Waals surface area contributed by atoms with Gasteiger partial charge in [0.25, 0.3) is 0 Å². The summed E-state index contributed by atoms with van der Waals surface area (Å²) in [7, 11) is 0. The topological polar surface area (TPSA) is 46.5 Å². The third-order valence-corrected chi connectivity index (χ3v) is 3.71. The van der Waals surface area contributed by atoms with E-state index in [0.29, 0.717) is 5.02 Å². The minimum atomic E-state index is -0.921. The number of fused-ring (bicyclic) bond motifs is 1. The highest BCUT2D eigenvalue weighted by atomic mass is 35.5. The van der Waals surface area contributed by atoms with E-state index < -0.39 is 5.97 Å². The van der Waals surface area contributed by atoms with Crippen LogP contribution in [0.15, 0.2) is 42.5 Å². The number of halogens is 1. The van der Waals surface area contributed by atoms with Gasteiger partial charge in [0.05, 0.1) is 5.56 Å². The predicted molar refractivity (Wildman–Crippen MR) is 76.5 cm³/mol. The second kappa shape index (κ2) is 5.17. The van der Waals surface area contributed by atoms with Crippen LogP contribution in [-0.2, 0) is 6.42 Å². The van der Waals surface area contributed by atoms with Crippen LogP contribution in [0.3, 0.4) is 0 Å². The molecule has 0 radical (unpaired) electrons. The Labute approximate surface area is 121 Å². The van der Waals surface area contributed by atoms with Crippen molar-refractivity contribution in [2.24, 2.45) is 0 Å². The third-order valence-electron chi connectivity index (χ3n) is 3.47. The lowest BCUT2D eigenvalue weighted by Gasteiger charge is -2.26. The molecular weight excluding hydrogens is 276 g/mol. The van der Waals surface area contributed by atoms with E-state index in [2.05, 4.69) is 0 Å². The van der Waals surface area contributed by atoms with Crippen LogP contribution in [0.5, 0.6) is 5.75 Å². The molecule has 0 amide bonds. The first-order valence-electron chi connectivity index (χ1n) is 6.42. The summed E-state index contributed by atoms with van der Waals surface area (Å²) in [6.45, 7) is 0. The molecule has 0 saturated heterocycles. The highest BCUT2D eigenvalue weighted by molar-refractivity contribution is 6.30. The number of benzene rings is 2. The van der Waals surface area contributed by atoms with Crippen molar-refractivity contribution in [3.63, 3.8) is 0 Å². The van der Waals surface area contributed by atoms with Gasteiger partial charge in [-0.2, -0.15) is 0 Å².